The molecule has 1 amide bonds. The van der Waals surface area contributed by atoms with Crippen molar-refractivity contribution in [1.29, 1.82) is 0 Å². The van der Waals surface area contributed by atoms with Gasteiger partial charge in [-0.3, -0.25) is 14.9 Å². The second-order valence-electron chi connectivity index (χ2n) is 3.84. The highest BCUT2D eigenvalue weighted by Gasteiger charge is 2.17. The smallest absolute Gasteiger partial charge is 0.271 e. The molecule has 0 radical (unpaired) electrons. The highest BCUT2D eigenvalue weighted by molar-refractivity contribution is 5.96. The Hall–Kier alpha value is -2.19. The number of methoxy groups -OCH3 is 1. The van der Waals surface area contributed by atoms with Crippen LogP contribution >= 0.6 is 0 Å². The van der Waals surface area contributed by atoms with Gasteiger partial charge in [-0.15, -0.1) is 0 Å². The molecule has 19 heavy (non-hydrogen) atoms. The number of phenolic OH excluding ortho intramolecular Hbond substituents is 1. The number of nitro groups is 1. The van der Waals surface area contributed by atoms with E-state index in [1.165, 1.54) is 7.11 Å². The molecule has 8 heteroatoms. The Labute approximate surface area is 109 Å². The van der Waals surface area contributed by atoms with Gasteiger partial charge in [0.2, 0.25) is 5.91 Å². The number of carbonyl (C=O) groups excluding carboxylic acids is 1. The van der Waals surface area contributed by atoms with Crippen molar-refractivity contribution in [3.05, 3.63) is 28.3 Å². The van der Waals surface area contributed by atoms with E-state index in [0.29, 0.717) is 13.0 Å². The van der Waals surface area contributed by atoms with Crippen LogP contribution in [0.2, 0.25) is 0 Å². The van der Waals surface area contributed by atoms with Crippen LogP contribution in [0.25, 0.3) is 0 Å². The number of hydrogen-bond donors (Lipinski definition) is 3. The monoisotopic (exact) mass is 269 g/mol. The minimum atomic E-state index is -0.821. The van der Waals surface area contributed by atoms with Gasteiger partial charge < -0.3 is 20.9 Å². The number of nitrogens with two attached hydrogens (primary N) is 1. The van der Waals surface area contributed by atoms with Gasteiger partial charge >= 0.3 is 0 Å². The number of rotatable bonds is 6. The first-order valence-corrected chi connectivity index (χ1v) is 5.48. The molecule has 0 aliphatic heterocycles. The number of nitro benzene ring substituents is 1. The van der Waals surface area contributed by atoms with E-state index in [1.54, 1.807) is 0 Å². The molecule has 0 saturated heterocycles. The summed E-state index contributed by atoms with van der Waals surface area (Å²) >= 11 is 0. The number of ether oxygens (including phenoxy) is 1. The van der Waals surface area contributed by atoms with Gasteiger partial charge in [0.15, 0.2) is 0 Å². The molecule has 0 aliphatic carbocycles. The number of phenols is 1. The van der Waals surface area contributed by atoms with Gasteiger partial charge in [-0.25, -0.2) is 0 Å². The van der Waals surface area contributed by atoms with Crippen LogP contribution in [0.3, 0.4) is 0 Å². The van der Waals surface area contributed by atoms with Crippen molar-refractivity contribution in [2.24, 2.45) is 5.73 Å². The number of non-ortho nitro benzene ring substituents is 1. The topological polar surface area (TPSA) is 128 Å². The van der Waals surface area contributed by atoms with Crippen molar-refractivity contribution in [3.8, 4) is 5.75 Å². The van der Waals surface area contributed by atoms with Gasteiger partial charge in [-0.2, -0.15) is 0 Å². The summed E-state index contributed by atoms with van der Waals surface area (Å²) in [5.74, 6) is -0.814. The lowest BCUT2D eigenvalue weighted by molar-refractivity contribution is -0.384. The molecule has 0 bridgehead atoms. The maximum Gasteiger partial charge on any atom is 0.271 e. The summed E-state index contributed by atoms with van der Waals surface area (Å²) < 4.78 is 4.79. The van der Waals surface area contributed by atoms with Crippen LogP contribution in [0.15, 0.2) is 18.2 Å². The summed E-state index contributed by atoms with van der Waals surface area (Å²) in [6.07, 6.45) is 0.304. The van der Waals surface area contributed by atoms with E-state index in [1.807, 2.05) is 0 Å². The number of hydrogen-bond acceptors (Lipinski definition) is 6. The molecule has 1 unspecified atom stereocenters. The number of anilines is 1. The molecule has 8 nitrogen and oxygen atoms in total. The third kappa shape index (κ3) is 4.19. The molecule has 1 aromatic carbocycles. The Balaban J connectivity index is 2.78. The van der Waals surface area contributed by atoms with E-state index in [-0.39, 0.29) is 17.1 Å². The summed E-state index contributed by atoms with van der Waals surface area (Å²) in [4.78, 5) is 21.6. The van der Waals surface area contributed by atoms with Crippen LogP contribution in [0, 0.1) is 10.1 Å². The molecule has 0 fully saturated rings. The van der Waals surface area contributed by atoms with Crippen molar-refractivity contribution in [2.75, 3.05) is 19.0 Å². The number of aromatic hydroxyl groups is 1. The van der Waals surface area contributed by atoms with Crippen LogP contribution in [0.5, 0.6) is 5.75 Å². The van der Waals surface area contributed by atoms with Crippen LogP contribution < -0.4 is 11.1 Å². The minimum absolute atomic E-state index is 0.0490. The Morgan fingerprint density at radius 1 is 1.63 bits per heavy atom. The maximum absolute atomic E-state index is 11.7. The predicted octanol–water partition coefficient (Wildman–Crippen LogP) is 0.603. The molecule has 4 N–H and O–H groups in total. The van der Waals surface area contributed by atoms with E-state index in [2.05, 4.69) is 5.32 Å². The Bertz CT molecular complexity index is 477. The van der Waals surface area contributed by atoms with Crippen molar-refractivity contribution in [2.45, 2.75) is 12.5 Å². The predicted molar refractivity (Wildman–Crippen MR) is 67.9 cm³/mol. The summed E-state index contributed by atoms with van der Waals surface area (Å²) in [6, 6.07) is 2.51. The number of benzene rings is 1. The molecule has 1 atom stereocenters. The van der Waals surface area contributed by atoms with Crippen LogP contribution in [0.1, 0.15) is 6.42 Å². The number of nitrogens with zero attached hydrogens (tertiary/aromatic N) is 1. The van der Waals surface area contributed by atoms with Crippen molar-refractivity contribution in [3.63, 3.8) is 0 Å². The zero-order valence-corrected chi connectivity index (χ0v) is 10.3. The quantitative estimate of drug-likeness (QED) is 0.394. The van der Waals surface area contributed by atoms with Gasteiger partial charge in [0.25, 0.3) is 5.69 Å². The van der Waals surface area contributed by atoms with Gasteiger partial charge in [0.05, 0.1) is 16.7 Å². The first-order valence-electron chi connectivity index (χ1n) is 5.48. The second-order valence-corrected chi connectivity index (χ2v) is 3.84. The average Bonchev–Trinajstić information content (AvgIpc) is 2.38. The van der Waals surface area contributed by atoms with Crippen molar-refractivity contribution < 1.29 is 19.6 Å². The lowest BCUT2D eigenvalue weighted by atomic mass is 10.2. The minimum Gasteiger partial charge on any atom is -0.506 e. The van der Waals surface area contributed by atoms with Crippen molar-refractivity contribution >= 4 is 17.3 Å². The van der Waals surface area contributed by atoms with Gasteiger partial charge in [-0.1, -0.05) is 0 Å². The van der Waals surface area contributed by atoms with E-state index in [4.69, 9.17) is 10.5 Å². The van der Waals surface area contributed by atoms with Crippen molar-refractivity contribution in [1.82, 2.24) is 0 Å². The Morgan fingerprint density at radius 2 is 2.32 bits per heavy atom. The third-order valence-corrected chi connectivity index (χ3v) is 2.42. The maximum atomic E-state index is 11.7. The zero-order chi connectivity index (χ0) is 14.4. The molecular weight excluding hydrogens is 254 g/mol. The average molecular weight is 269 g/mol. The lowest BCUT2D eigenvalue weighted by Crippen LogP contribution is -2.36. The first-order chi connectivity index (χ1) is 8.95. The van der Waals surface area contributed by atoms with Crippen LogP contribution in [0.4, 0.5) is 11.4 Å². The van der Waals surface area contributed by atoms with E-state index >= 15 is 0 Å². The number of amides is 1. The number of carbonyl (C=O) groups is 1. The standard InChI is InChI=1S/C11H15N3O5/c1-19-5-4-8(12)11(16)13-9-6-7(14(17)18)2-3-10(9)15/h2-3,6,8,15H,4-5,12H2,1H3,(H,13,16). The van der Waals surface area contributed by atoms with Gasteiger partial charge in [0, 0.05) is 25.8 Å². The highest BCUT2D eigenvalue weighted by Crippen LogP contribution is 2.27. The zero-order valence-electron chi connectivity index (χ0n) is 10.3. The molecule has 0 aliphatic rings. The third-order valence-electron chi connectivity index (χ3n) is 2.42. The summed E-state index contributed by atoms with van der Waals surface area (Å²) in [6.45, 7) is 0.315. The molecular formula is C11H15N3O5. The SMILES string of the molecule is COCCC(N)C(=O)Nc1cc([N+](=O)[O-])ccc1O. The van der Waals surface area contributed by atoms with Gasteiger partial charge in [-0.05, 0) is 12.5 Å². The molecule has 0 aromatic heterocycles. The van der Waals surface area contributed by atoms with Crippen LogP contribution in [-0.2, 0) is 9.53 Å². The molecule has 0 spiro atoms. The second kappa shape index (κ2) is 6.66. The molecule has 1 rings (SSSR count). The molecule has 1 aromatic rings. The first kappa shape index (κ1) is 14.9. The highest BCUT2D eigenvalue weighted by atomic mass is 16.6. The van der Waals surface area contributed by atoms with E-state index in [0.717, 1.165) is 18.2 Å². The van der Waals surface area contributed by atoms with Gasteiger partial charge in [0.1, 0.15) is 5.75 Å². The number of nitrogens with one attached hydrogen (secondary N) is 1. The normalized spacial score (nSPS) is 11.9. The summed E-state index contributed by atoms with van der Waals surface area (Å²) in [7, 11) is 1.48. The summed E-state index contributed by atoms with van der Waals surface area (Å²) in [5, 5.41) is 22.5. The van der Waals surface area contributed by atoms with E-state index in [9.17, 15) is 20.0 Å². The Kier molecular flexibility index (Phi) is 5.22. The van der Waals surface area contributed by atoms with Crippen LogP contribution in [-0.4, -0.2) is 35.7 Å². The fourth-order valence-electron chi connectivity index (χ4n) is 1.34. The molecule has 0 saturated carbocycles. The largest absolute Gasteiger partial charge is 0.506 e. The fraction of sp³-hybridized carbons (Fsp3) is 0.364. The summed E-state index contributed by atoms with van der Waals surface area (Å²) in [5.41, 5.74) is 5.31. The lowest BCUT2D eigenvalue weighted by Gasteiger charge is -2.12. The fourth-order valence-corrected chi connectivity index (χ4v) is 1.34. The van der Waals surface area contributed by atoms with E-state index < -0.39 is 16.9 Å². The molecule has 104 valence electrons. The molecule has 0 heterocycles. The Morgan fingerprint density at radius 3 is 2.89 bits per heavy atom.